The van der Waals surface area contributed by atoms with Crippen molar-refractivity contribution in [1.82, 2.24) is 9.97 Å². The number of pyridine rings is 1. The number of nitrogens with zero attached hydrogens (tertiary/aromatic N) is 2. The zero-order valence-corrected chi connectivity index (χ0v) is 13.0. The number of hydrogen-bond acceptors (Lipinski definition) is 3. The Labute approximate surface area is 139 Å². The summed E-state index contributed by atoms with van der Waals surface area (Å²) >= 11 is 0. The number of hydrazone groups is 1. The molecule has 0 amide bonds. The number of fused-ring (bicyclic) bond motifs is 1. The molecule has 0 bridgehead atoms. The van der Waals surface area contributed by atoms with Gasteiger partial charge in [-0.05, 0) is 23.8 Å². The van der Waals surface area contributed by atoms with Gasteiger partial charge in [0.25, 0.3) is 0 Å². The van der Waals surface area contributed by atoms with Gasteiger partial charge in [0, 0.05) is 22.7 Å². The summed E-state index contributed by atoms with van der Waals surface area (Å²) in [5.41, 5.74) is 7.31. The maximum Gasteiger partial charge on any atom is 0.146 e. The number of anilines is 1. The number of aromatic amines is 1. The summed E-state index contributed by atoms with van der Waals surface area (Å²) in [7, 11) is 0. The van der Waals surface area contributed by atoms with Gasteiger partial charge in [-0.3, -0.25) is 5.43 Å². The number of hydrogen-bond donors (Lipinski definition) is 2. The van der Waals surface area contributed by atoms with E-state index in [1.54, 1.807) is 6.20 Å². The molecule has 0 unspecified atom stereocenters. The van der Waals surface area contributed by atoms with Crippen molar-refractivity contribution in [1.29, 1.82) is 0 Å². The maximum atomic E-state index is 4.36. The molecule has 4 heteroatoms. The molecule has 0 saturated heterocycles. The highest BCUT2D eigenvalue weighted by Gasteiger charge is 2.10. The van der Waals surface area contributed by atoms with Crippen molar-refractivity contribution in [2.24, 2.45) is 5.10 Å². The minimum atomic E-state index is 0.717. The zero-order valence-electron chi connectivity index (χ0n) is 13.0. The lowest BCUT2D eigenvalue weighted by Crippen LogP contribution is -1.93. The van der Waals surface area contributed by atoms with E-state index < -0.39 is 0 Å². The largest absolute Gasteiger partial charge is 0.354 e. The van der Waals surface area contributed by atoms with Gasteiger partial charge in [0.2, 0.25) is 0 Å². The van der Waals surface area contributed by atoms with Crippen LogP contribution < -0.4 is 5.43 Å². The van der Waals surface area contributed by atoms with Crippen LogP contribution in [0.25, 0.3) is 22.2 Å². The van der Waals surface area contributed by atoms with Crippen LogP contribution in [0.3, 0.4) is 0 Å². The highest BCUT2D eigenvalue weighted by molar-refractivity contribution is 6.06. The lowest BCUT2D eigenvalue weighted by molar-refractivity contribution is 1.23. The third-order valence-corrected chi connectivity index (χ3v) is 3.85. The van der Waals surface area contributed by atoms with Crippen LogP contribution in [0.2, 0.25) is 0 Å². The molecule has 2 aromatic carbocycles. The molecule has 0 aliphatic rings. The average molecular weight is 312 g/mol. The fourth-order valence-electron chi connectivity index (χ4n) is 2.72. The molecular formula is C20H16N4. The first-order valence-electron chi connectivity index (χ1n) is 7.78. The second-order valence-corrected chi connectivity index (χ2v) is 5.41. The molecule has 2 aromatic heterocycles. The molecule has 4 aromatic rings. The molecule has 2 heterocycles. The van der Waals surface area contributed by atoms with Crippen LogP contribution in [0, 0.1) is 0 Å². The lowest BCUT2D eigenvalue weighted by Gasteiger charge is -2.01. The topological polar surface area (TPSA) is 53.1 Å². The van der Waals surface area contributed by atoms with E-state index in [4.69, 9.17) is 0 Å². The second-order valence-electron chi connectivity index (χ2n) is 5.41. The summed E-state index contributed by atoms with van der Waals surface area (Å²) in [6.07, 6.45) is 3.58. The van der Waals surface area contributed by atoms with Crippen molar-refractivity contribution in [2.75, 3.05) is 5.43 Å². The second kappa shape index (κ2) is 6.38. The molecule has 0 atom stereocenters. The first-order valence-corrected chi connectivity index (χ1v) is 7.78. The van der Waals surface area contributed by atoms with Crippen LogP contribution in [0.4, 0.5) is 5.82 Å². The Morgan fingerprint density at radius 2 is 1.67 bits per heavy atom. The van der Waals surface area contributed by atoms with E-state index in [-0.39, 0.29) is 0 Å². The number of rotatable bonds is 4. The molecule has 116 valence electrons. The third-order valence-electron chi connectivity index (χ3n) is 3.85. The normalized spacial score (nSPS) is 11.2. The van der Waals surface area contributed by atoms with Gasteiger partial charge in [-0.1, -0.05) is 54.6 Å². The van der Waals surface area contributed by atoms with E-state index in [0.717, 1.165) is 33.5 Å². The summed E-state index contributed by atoms with van der Waals surface area (Å²) in [6, 6.07) is 24.2. The Hall–Kier alpha value is -3.40. The van der Waals surface area contributed by atoms with Crippen molar-refractivity contribution >= 4 is 22.9 Å². The molecule has 0 aliphatic heterocycles. The fraction of sp³-hybridized carbons (Fsp3) is 0. The number of nitrogens with one attached hydrogen (secondary N) is 2. The molecule has 0 aliphatic carbocycles. The monoisotopic (exact) mass is 312 g/mol. The zero-order chi connectivity index (χ0) is 16.2. The van der Waals surface area contributed by atoms with Gasteiger partial charge in [-0.25, -0.2) is 4.98 Å². The van der Waals surface area contributed by atoms with E-state index >= 15 is 0 Å². The molecule has 2 N–H and O–H groups in total. The lowest BCUT2D eigenvalue weighted by atomic mass is 10.1. The first-order chi connectivity index (χ1) is 11.9. The Kier molecular flexibility index (Phi) is 3.78. The Bertz CT molecular complexity index is 972. The van der Waals surface area contributed by atoms with Crippen molar-refractivity contribution in [3.63, 3.8) is 0 Å². The highest BCUT2D eigenvalue weighted by Crippen LogP contribution is 2.28. The van der Waals surface area contributed by atoms with Gasteiger partial charge in [0.15, 0.2) is 0 Å². The quantitative estimate of drug-likeness (QED) is 0.425. The van der Waals surface area contributed by atoms with Crippen molar-refractivity contribution in [3.05, 3.63) is 84.6 Å². The first kappa shape index (κ1) is 14.2. The highest BCUT2D eigenvalue weighted by atomic mass is 15.3. The molecular weight excluding hydrogens is 296 g/mol. The van der Waals surface area contributed by atoms with Gasteiger partial charge in [-0.15, -0.1) is 0 Å². The Morgan fingerprint density at radius 1 is 0.875 bits per heavy atom. The van der Waals surface area contributed by atoms with Crippen LogP contribution >= 0.6 is 0 Å². The van der Waals surface area contributed by atoms with Crippen molar-refractivity contribution in [2.45, 2.75) is 0 Å². The molecule has 0 radical (unpaired) electrons. The average Bonchev–Trinajstić information content (AvgIpc) is 3.02. The summed E-state index contributed by atoms with van der Waals surface area (Å²) in [5.74, 6) is 0.717. The van der Waals surface area contributed by atoms with Crippen LogP contribution in [0.1, 0.15) is 5.56 Å². The van der Waals surface area contributed by atoms with Crippen LogP contribution in [-0.2, 0) is 0 Å². The van der Waals surface area contributed by atoms with Crippen molar-refractivity contribution in [3.8, 4) is 11.3 Å². The summed E-state index contributed by atoms with van der Waals surface area (Å²) in [6.45, 7) is 0. The summed E-state index contributed by atoms with van der Waals surface area (Å²) < 4.78 is 0. The van der Waals surface area contributed by atoms with E-state index in [2.05, 4.69) is 44.8 Å². The Balaban J connectivity index is 1.75. The standard InChI is InChI=1S/C20H16N4/c1-2-8-15(9-3-1)20-17(16-10-4-5-11-18(16)23-20)14-22-24-19-12-6-7-13-21-19/h1-14,23H,(H,21,24)/b22-14+. The van der Waals surface area contributed by atoms with Gasteiger partial charge in [-0.2, -0.15) is 5.10 Å². The van der Waals surface area contributed by atoms with Crippen LogP contribution in [0.5, 0.6) is 0 Å². The fourth-order valence-corrected chi connectivity index (χ4v) is 2.72. The van der Waals surface area contributed by atoms with Gasteiger partial charge >= 0.3 is 0 Å². The van der Waals surface area contributed by atoms with Gasteiger partial charge < -0.3 is 4.98 Å². The van der Waals surface area contributed by atoms with Gasteiger partial charge in [0.05, 0.1) is 11.9 Å². The van der Waals surface area contributed by atoms with E-state index in [9.17, 15) is 0 Å². The predicted molar refractivity (Wildman–Crippen MR) is 99.2 cm³/mol. The minimum Gasteiger partial charge on any atom is -0.354 e. The number of benzene rings is 2. The molecule has 24 heavy (non-hydrogen) atoms. The Morgan fingerprint density at radius 3 is 2.50 bits per heavy atom. The van der Waals surface area contributed by atoms with Gasteiger partial charge in [0.1, 0.15) is 5.82 Å². The van der Waals surface area contributed by atoms with Crippen LogP contribution in [0.15, 0.2) is 84.1 Å². The summed E-state index contributed by atoms with van der Waals surface area (Å²) in [4.78, 5) is 7.70. The number of para-hydroxylation sites is 1. The molecule has 0 spiro atoms. The van der Waals surface area contributed by atoms with E-state index in [1.807, 2.05) is 54.7 Å². The van der Waals surface area contributed by atoms with Crippen molar-refractivity contribution < 1.29 is 0 Å². The SMILES string of the molecule is C(=N\Nc1ccccn1)/c1c(-c2ccccc2)[nH]c2ccccc12. The molecule has 4 nitrogen and oxygen atoms in total. The molecule has 4 rings (SSSR count). The van der Waals surface area contributed by atoms with E-state index in [0.29, 0.717) is 0 Å². The predicted octanol–water partition coefficient (Wildman–Crippen LogP) is 4.68. The summed E-state index contributed by atoms with van der Waals surface area (Å²) in [5, 5.41) is 5.50. The van der Waals surface area contributed by atoms with E-state index in [1.165, 1.54) is 0 Å². The molecule has 0 fully saturated rings. The smallest absolute Gasteiger partial charge is 0.146 e. The minimum absolute atomic E-state index is 0.717. The number of H-pyrrole nitrogens is 1. The number of aromatic nitrogens is 2. The van der Waals surface area contributed by atoms with Crippen LogP contribution in [-0.4, -0.2) is 16.2 Å². The third kappa shape index (κ3) is 2.77. The molecule has 0 saturated carbocycles. The maximum absolute atomic E-state index is 4.36.